The van der Waals surface area contributed by atoms with Crippen LogP contribution < -0.4 is 19.5 Å². The highest BCUT2D eigenvalue weighted by molar-refractivity contribution is 14.1. The second kappa shape index (κ2) is 7.30. The van der Waals surface area contributed by atoms with Crippen molar-refractivity contribution >= 4 is 34.2 Å². The summed E-state index contributed by atoms with van der Waals surface area (Å²) in [4.78, 5) is 16.5. The van der Waals surface area contributed by atoms with Crippen molar-refractivity contribution in [3.8, 4) is 17.4 Å². The van der Waals surface area contributed by atoms with Gasteiger partial charge in [0.15, 0.2) is 11.5 Å². The smallest absolute Gasteiger partial charge is 0.257 e. The maximum Gasteiger partial charge on any atom is 0.257 e. The van der Waals surface area contributed by atoms with E-state index >= 15 is 0 Å². The Bertz CT molecular complexity index is 691. The van der Waals surface area contributed by atoms with Gasteiger partial charge in [-0.3, -0.25) is 4.79 Å². The van der Waals surface area contributed by atoms with Crippen LogP contribution in [0.3, 0.4) is 0 Å². The van der Waals surface area contributed by atoms with Crippen molar-refractivity contribution in [2.75, 3.05) is 26.6 Å². The fourth-order valence-corrected chi connectivity index (χ4v) is 2.55. The Labute approximate surface area is 141 Å². The van der Waals surface area contributed by atoms with E-state index in [1.807, 2.05) is 0 Å². The molecule has 1 heterocycles. The first kappa shape index (κ1) is 16.3. The van der Waals surface area contributed by atoms with Crippen molar-refractivity contribution in [1.29, 1.82) is 0 Å². The quantitative estimate of drug-likeness (QED) is 0.763. The fourth-order valence-electron chi connectivity index (χ4n) is 1.87. The van der Waals surface area contributed by atoms with Crippen molar-refractivity contribution in [1.82, 2.24) is 4.98 Å². The summed E-state index contributed by atoms with van der Waals surface area (Å²) in [6.45, 7) is 0. The molecule has 0 atom stereocenters. The fraction of sp³-hybridized carbons (Fsp3) is 0.200. The molecule has 0 saturated carbocycles. The highest BCUT2D eigenvalue weighted by atomic mass is 127. The van der Waals surface area contributed by atoms with E-state index < -0.39 is 0 Å². The second-order valence-corrected chi connectivity index (χ2v) is 5.36. The number of anilines is 1. The number of carbonyl (C=O) groups excluding carboxylic acids is 1. The van der Waals surface area contributed by atoms with E-state index in [1.54, 1.807) is 37.6 Å². The number of ether oxygens (including phenoxy) is 3. The number of nitrogens with zero attached hydrogens (tertiary/aromatic N) is 1. The zero-order valence-corrected chi connectivity index (χ0v) is 14.5. The highest BCUT2D eigenvalue weighted by Crippen LogP contribution is 2.32. The SMILES string of the molecule is COc1cc(I)c(C(=O)Nc2cccnc2OC)cc1OC. The average molecular weight is 414 g/mol. The van der Waals surface area contributed by atoms with Crippen LogP contribution in [-0.2, 0) is 0 Å². The number of rotatable bonds is 5. The van der Waals surface area contributed by atoms with Crippen LogP contribution in [0, 0.1) is 3.57 Å². The number of methoxy groups -OCH3 is 3. The Balaban J connectivity index is 2.33. The Morgan fingerprint density at radius 3 is 2.45 bits per heavy atom. The first-order valence-corrected chi connectivity index (χ1v) is 7.40. The Kier molecular flexibility index (Phi) is 5.42. The molecule has 116 valence electrons. The molecule has 0 aliphatic carbocycles. The van der Waals surface area contributed by atoms with Gasteiger partial charge in [0.25, 0.3) is 5.91 Å². The van der Waals surface area contributed by atoms with Gasteiger partial charge >= 0.3 is 0 Å². The first-order valence-electron chi connectivity index (χ1n) is 6.32. The average Bonchev–Trinajstić information content (AvgIpc) is 2.54. The van der Waals surface area contributed by atoms with Crippen LogP contribution in [-0.4, -0.2) is 32.2 Å². The largest absolute Gasteiger partial charge is 0.493 e. The van der Waals surface area contributed by atoms with Crippen molar-refractivity contribution < 1.29 is 19.0 Å². The summed E-state index contributed by atoms with van der Waals surface area (Å²) in [5.74, 6) is 1.14. The van der Waals surface area contributed by atoms with E-state index in [-0.39, 0.29) is 5.91 Å². The minimum absolute atomic E-state index is 0.281. The van der Waals surface area contributed by atoms with Gasteiger partial charge in [-0.2, -0.15) is 0 Å². The molecule has 0 aliphatic rings. The maximum absolute atomic E-state index is 12.5. The number of nitrogens with one attached hydrogen (secondary N) is 1. The van der Waals surface area contributed by atoms with Gasteiger partial charge in [-0.25, -0.2) is 4.98 Å². The van der Waals surface area contributed by atoms with Crippen molar-refractivity contribution in [3.63, 3.8) is 0 Å². The third-order valence-electron chi connectivity index (χ3n) is 2.93. The minimum atomic E-state index is -0.281. The number of benzene rings is 1. The molecule has 2 aromatic rings. The zero-order chi connectivity index (χ0) is 16.1. The molecule has 0 unspecified atom stereocenters. The highest BCUT2D eigenvalue weighted by Gasteiger charge is 2.17. The Hall–Kier alpha value is -2.03. The second-order valence-electron chi connectivity index (χ2n) is 4.20. The molecule has 2 rings (SSSR count). The van der Waals surface area contributed by atoms with E-state index in [4.69, 9.17) is 14.2 Å². The summed E-state index contributed by atoms with van der Waals surface area (Å²) in [5.41, 5.74) is 0.977. The molecule has 0 spiro atoms. The van der Waals surface area contributed by atoms with Crippen LogP contribution in [0.1, 0.15) is 10.4 Å². The molecular weight excluding hydrogens is 399 g/mol. The van der Waals surface area contributed by atoms with Gasteiger partial charge in [-0.1, -0.05) is 0 Å². The number of pyridine rings is 1. The topological polar surface area (TPSA) is 69.7 Å². The number of hydrogen-bond donors (Lipinski definition) is 1. The predicted molar refractivity (Wildman–Crippen MR) is 91.0 cm³/mol. The minimum Gasteiger partial charge on any atom is -0.493 e. The van der Waals surface area contributed by atoms with Gasteiger partial charge in [-0.05, 0) is 46.9 Å². The normalized spacial score (nSPS) is 10.0. The van der Waals surface area contributed by atoms with Crippen LogP contribution in [0.4, 0.5) is 5.69 Å². The van der Waals surface area contributed by atoms with Gasteiger partial charge < -0.3 is 19.5 Å². The van der Waals surface area contributed by atoms with E-state index in [2.05, 4.69) is 32.9 Å². The number of hydrogen-bond acceptors (Lipinski definition) is 5. The monoisotopic (exact) mass is 414 g/mol. The lowest BCUT2D eigenvalue weighted by Crippen LogP contribution is -2.15. The molecule has 0 radical (unpaired) electrons. The van der Waals surface area contributed by atoms with Crippen LogP contribution >= 0.6 is 22.6 Å². The number of halogens is 1. The summed E-state index contributed by atoms with van der Waals surface area (Å²) in [7, 11) is 4.57. The van der Waals surface area contributed by atoms with Crippen LogP contribution in [0.15, 0.2) is 30.5 Å². The Morgan fingerprint density at radius 1 is 1.14 bits per heavy atom. The summed E-state index contributed by atoms with van der Waals surface area (Å²) in [6, 6.07) is 6.82. The molecule has 0 fully saturated rings. The van der Waals surface area contributed by atoms with Crippen LogP contribution in [0.25, 0.3) is 0 Å². The van der Waals surface area contributed by atoms with Gasteiger partial charge in [0.2, 0.25) is 5.88 Å². The molecule has 22 heavy (non-hydrogen) atoms. The molecule has 0 saturated heterocycles. The van der Waals surface area contributed by atoms with E-state index in [0.717, 1.165) is 3.57 Å². The van der Waals surface area contributed by atoms with Crippen molar-refractivity contribution in [3.05, 3.63) is 39.6 Å². The van der Waals surface area contributed by atoms with E-state index in [9.17, 15) is 4.79 Å². The predicted octanol–water partition coefficient (Wildman–Crippen LogP) is 2.96. The third-order valence-corrected chi connectivity index (χ3v) is 3.82. The molecule has 1 N–H and O–H groups in total. The first-order chi connectivity index (χ1) is 10.6. The van der Waals surface area contributed by atoms with Gasteiger partial charge in [-0.15, -0.1) is 0 Å². The number of aromatic nitrogens is 1. The summed E-state index contributed by atoms with van der Waals surface area (Å²) in [5, 5.41) is 2.78. The van der Waals surface area contributed by atoms with Crippen molar-refractivity contribution in [2.24, 2.45) is 0 Å². The summed E-state index contributed by atoms with van der Waals surface area (Å²) < 4.78 is 16.3. The molecule has 0 bridgehead atoms. The molecule has 1 aromatic heterocycles. The molecule has 6 nitrogen and oxygen atoms in total. The van der Waals surface area contributed by atoms with Gasteiger partial charge in [0.1, 0.15) is 5.69 Å². The molecule has 7 heteroatoms. The van der Waals surface area contributed by atoms with E-state index in [0.29, 0.717) is 28.6 Å². The zero-order valence-electron chi connectivity index (χ0n) is 12.3. The van der Waals surface area contributed by atoms with Crippen LogP contribution in [0.2, 0.25) is 0 Å². The maximum atomic E-state index is 12.5. The summed E-state index contributed by atoms with van der Waals surface area (Å²) >= 11 is 2.08. The molecule has 1 aromatic carbocycles. The number of carbonyl (C=O) groups is 1. The number of amides is 1. The summed E-state index contributed by atoms with van der Waals surface area (Å²) in [6.07, 6.45) is 1.59. The standard InChI is InChI=1S/C15H15IN2O4/c1-20-12-7-9(10(16)8-13(12)21-2)14(19)18-11-5-4-6-17-15(11)22-3/h4-8H,1-3H3,(H,18,19). The van der Waals surface area contributed by atoms with Gasteiger partial charge in [0, 0.05) is 9.77 Å². The third kappa shape index (κ3) is 3.41. The molecule has 1 amide bonds. The Morgan fingerprint density at radius 2 is 1.82 bits per heavy atom. The molecule has 0 aliphatic heterocycles. The van der Waals surface area contributed by atoms with Crippen LogP contribution in [0.5, 0.6) is 17.4 Å². The lowest BCUT2D eigenvalue weighted by Gasteiger charge is -2.13. The molecular formula is C15H15IN2O4. The van der Waals surface area contributed by atoms with Gasteiger partial charge in [0.05, 0.1) is 26.9 Å². The van der Waals surface area contributed by atoms with Crippen molar-refractivity contribution in [2.45, 2.75) is 0 Å². The van der Waals surface area contributed by atoms with E-state index in [1.165, 1.54) is 14.2 Å². The lowest BCUT2D eigenvalue weighted by atomic mass is 10.2. The lowest BCUT2D eigenvalue weighted by molar-refractivity contribution is 0.102.